The number of halogens is 1. The lowest BCUT2D eigenvalue weighted by atomic mass is 10.0. The molecule has 0 radical (unpaired) electrons. The first kappa shape index (κ1) is 21.2. The van der Waals surface area contributed by atoms with Crippen molar-refractivity contribution in [1.82, 2.24) is 10.2 Å². The lowest BCUT2D eigenvalue weighted by Gasteiger charge is -2.32. The van der Waals surface area contributed by atoms with Crippen molar-refractivity contribution in [3.63, 3.8) is 0 Å². The Labute approximate surface area is 177 Å². The van der Waals surface area contributed by atoms with Crippen LogP contribution < -0.4 is 10.1 Å². The monoisotopic (exact) mass is 414 g/mol. The number of carbonyl (C=O) groups excluding carboxylic acids is 2. The Morgan fingerprint density at radius 3 is 2.45 bits per heavy atom. The minimum Gasteiger partial charge on any atom is -0.484 e. The minimum atomic E-state index is -0.171. The molecule has 2 aromatic rings. The average molecular weight is 415 g/mol. The van der Waals surface area contributed by atoms with E-state index in [1.807, 2.05) is 24.3 Å². The summed E-state index contributed by atoms with van der Waals surface area (Å²) in [6.07, 6.45) is 3.58. The Hall–Kier alpha value is -2.53. The number of amides is 2. The molecule has 5 nitrogen and oxygen atoms in total. The topological polar surface area (TPSA) is 58.6 Å². The molecule has 0 saturated carbocycles. The molecule has 1 aliphatic rings. The summed E-state index contributed by atoms with van der Waals surface area (Å²) in [5.74, 6) is 0.508. The molecule has 1 aliphatic heterocycles. The molecule has 0 aromatic heterocycles. The third-order valence-electron chi connectivity index (χ3n) is 5.13. The highest BCUT2D eigenvalue weighted by Crippen LogP contribution is 2.17. The van der Waals surface area contributed by atoms with Crippen LogP contribution in [0.5, 0.6) is 5.75 Å². The van der Waals surface area contributed by atoms with Crippen LogP contribution in [0.1, 0.15) is 42.1 Å². The van der Waals surface area contributed by atoms with Crippen molar-refractivity contribution >= 4 is 23.4 Å². The van der Waals surface area contributed by atoms with Gasteiger partial charge in [0.05, 0.1) is 10.6 Å². The largest absolute Gasteiger partial charge is 0.484 e. The van der Waals surface area contributed by atoms with Gasteiger partial charge in [-0.3, -0.25) is 9.59 Å². The first-order chi connectivity index (χ1) is 14.1. The normalized spacial score (nSPS) is 14.5. The maximum Gasteiger partial charge on any atom is 0.260 e. The third kappa shape index (κ3) is 5.97. The van der Waals surface area contributed by atoms with Gasteiger partial charge in [-0.1, -0.05) is 49.2 Å². The molecule has 3 rings (SSSR count). The molecule has 0 bridgehead atoms. The highest BCUT2D eigenvalue weighted by molar-refractivity contribution is 6.33. The summed E-state index contributed by atoms with van der Waals surface area (Å²) in [6.45, 7) is 3.38. The van der Waals surface area contributed by atoms with Crippen LogP contribution in [0.4, 0.5) is 0 Å². The smallest absolute Gasteiger partial charge is 0.260 e. The van der Waals surface area contributed by atoms with Gasteiger partial charge in [0, 0.05) is 19.1 Å². The Kier molecular flexibility index (Phi) is 7.53. The predicted octanol–water partition coefficient (Wildman–Crippen LogP) is 4.09. The van der Waals surface area contributed by atoms with E-state index in [1.54, 1.807) is 29.2 Å². The van der Waals surface area contributed by atoms with Crippen LogP contribution in [-0.4, -0.2) is 42.5 Å². The van der Waals surface area contributed by atoms with Crippen LogP contribution in [-0.2, 0) is 11.2 Å². The Balaban J connectivity index is 1.42. The highest BCUT2D eigenvalue weighted by atomic mass is 35.5. The van der Waals surface area contributed by atoms with Crippen LogP contribution in [0.25, 0.3) is 0 Å². The van der Waals surface area contributed by atoms with Gasteiger partial charge in [-0.25, -0.2) is 0 Å². The van der Waals surface area contributed by atoms with Crippen molar-refractivity contribution in [2.45, 2.75) is 38.6 Å². The van der Waals surface area contributed by atoms with Crippen LogP contribution in [0.3, 0.4) is 0 Å². The Morgan fingerprint density at radius 1 is 1.10 bits per heavy atom. The van der Waals surface area contributed by atoms with Gasteiger partial charge in [0.1, 0.15) is 5.75 Å². The summed E-state index contributed by atoms with van der Waals surface area (Å²) < 4.78 is 5.64. The van der Waals surface area contributed by atoms with Gasteiger partial charge in [0.2, 0.25) is 0 Å². The number of carbonyl (C=O) groups is 2. The molecule has 29 heavy (non-hydrogen) atoms. The molecule has 1 fully saturated rings. The van der Waals surface area contributed by atoms with Crippen molar-refractivity contribution in [3.05, 3.63) is 64.7 Å². The number of hydrogen-bond donors (Lipinski definition) is 1. The number of benzene rings is 2. The summed E-state index contributed by atoms with van der Waals surface area (Å²) in [7, 11) is 0. The zero-order valence-corrected chi connectivity index (χ0v) is 17.5. The lowest BCUT2D eigenvalue weighted by molar-refractivity contribution is -0.134. The maximum atomic E-state index is 12.4. The van der Waals surface area contributed by atoms with E-state index in [-0.39, 0.29) is 24.5 Å². The fourth-order valence-corrected chi connectivity index (χ4v) is 3.68. The van der Waals surface area contributed by atoms with Gasteiger partial charge >= 0.3 is 0 Å². The molecular formula is C23H27ClN2O3. The van der Waals surface area contributed by atoms with Crippen LogP contribution in [0, 0.1) is 0 Å². The fourth-order valence-electron chi connectivity index (χ4n) is 3.46. The standard InChI is InChI=1S/C23H27ClN2O3/c1-2-5-17-8-10-19(11-9-17)29-16-22(27)26-14-12-18(13-15-26)25-23(28)20-6-3-4-7-21(20)24/h3-4,6-11,18H,2,5,12-16H2,1H3,(H,25,28). The van der Waals surface area contributed by atoms with Gasteiger partial charge < -0.3 is 15.0 Å². The van der Waals surface area contributed by atoms with Crippen molar-refractivity contribution in [3.8, 4) is 5.75 Å². The van der Waals surface area contributed by atoms with Crippen molar-refractivity contribution in [2.24, 2.45) is 0 Å². The molecule has 2 amide bonds. The van der Waals surface area contributed by atoms with E-state index in [2.05, 4.69) is 12.2 Å². The SMILES string of the molecule is CCCc1ccc(OCC(=O)N2CCC(NC(=O)c3ccccc3Cl)CC2)cc1. The molecule has 0 aliphatic carbocycles. The van der Waals surface area contributed by atoms with Crippen LogP contribution >= 0.6 is 11.6 Å². The summed E-state index contributed by atoms with van der Waals surface area (Å²) >= 11 is 6.08. The first-order valence-corrected chi connectivity index (χ1v) is 10.5. The van der Waals surface area contributed by atoms with E-state index in [0.717, 1.165) is 12.8 Å². The predicted molar refractivity (Wildman–Crippen MR) is 114 cm³/mol. The molecule has 0 unspecified atom stereocenters. The highest BCUT2D eigenvalue weighted by Gasteiger charge is 2.24. The van der Waals surface area contributed by atoms with E-state index in [0.29, 0.717) is 42.3 Å². The molecule has 1 saturated heterocycles. The molecule has 2 aromatic carbocycles. The second-order valence-corrected chi connectivity index (χ2v) is 7.70. The summed E-state index contributed by atoms with van der Waals surface area (Å²) in [5.41, 5.74) is 1.75. The Bertz CT molecular complexity index is 830. The van der Waals surface area contributed by atoms with Gasteiger partial charge in [-0.2, -0.15) is 0 Å². The van der Waals surface area contributed by atoms with Gasteiger partial charge in [0.25, 0.3) is 11.8 Å². The number of nitrogens with one attached hydrogen (secondary N) is 1. The van der Waals surface area contributed by atoms with E-state index in [1.165, 1.54) is 5.56 Å². The zero-order chi connectivity index (χ0) is 20.6. The number of hydrogen-bond acceptors (Lipinski definition) is 3. The van der Waals surface area contributed by atoms with Gasteiger partial charge in [-0.05, 0) is 49.1 Å². The third-order valence-corrected chi connectivity index (χ3v) is 5.46. The zero-order valence-electron chi connectivity index (χ0n) is 16.7. The van der Waals surface area contributed by atoms with E-state index < -0.39 is 0 Å². The quantitative estimate of drug-likeness (QED) is 0.742. The number of piperidine rings is 1. The number of rotatable bonds is 7. The van der Waals surface area contributed by atoms with Crippen LogP contribution in [0.15, 0.2) is 48.5 Å². The molecular weight excluding hydrogens is 388 g/mol. The summed E-state index contributed by atoms with van der Waals surface area (Å²) in [6, 6.07) is 14.9. The molecule has 0 atom stereocenters. The number of aryl methyl sites for hydroxylation is 1. The summed E-state index contributed by atoms with van der Waals surface area (Å²) in [4.78, 5) is 26.6. The minimum absolute atomic E-state index is 0.0292. The van der Waals surface area contributed by atoms with Gasteiger partial charge in [-0.15, -0.1) is 0 Å². The Morgan fingerprint density at radius 2 is 1.79 bits per heavy atom. The number of ether oxygens (including phenoxy) is 1. The molecule has 1 heterocycles. The molecule has 0 spiro atoms. The second kappa shape index (κ2) is 10.3. The fraction of sp³-hybridized carbons (Fsp3) is 0.391. The number of nitrogens with zero attached hydrogens (tertiary/aromatic N) is 1. The van der Waals surface area contributed by atoms with E-state index in [4.69, 9.17) is 16.3 Å². The molecule has 1 N–H and O–H groups in total. The van der Waals surface area contributed by atoms with E-state index >= 15 is 0 Å². The molecule has 154 valence electrons. The summed E-state index contributed by atoms with van der Waals surface area (Å²) in [5, 5.41) is 3.46. The number of likely N-dealkylation sites (tertiary alicyclic amines) is 1. The van der Waals surface area contributed by atoms with Crippen LogP contribution in [0.2, 0.25) is 5.02 Å². The van der Waals surface area contributed by atoms with Gasteiger partial charge in [0.15, 0.2) is 6.61 Å². The second-order valence-electron chi connectivity index (χ2n) is 7.29. The van der Waals surface area contributed by atoms with Crippen molar-refractivity contribution < 1.29 is 14.3 Å². The average Bonchev–Trinajstić information content (AvgIpc) is 2.74. The van der Waals surface area contributed by atoms with Crippen molar-refractivity contribution in [2.75, 3.05) is 19.7 Å². The van der Waals surface area contributed by atoms with E-state index in [9.17, 15) is 9.59 Å². The maximum absolute atomic E-state index is 12.4. The first-order valence-electron chi connectivity index (χ1n) is 10.1. The molecule has 6 heteroatoms. The lowest BCUT2D eigenvalue weighted by Crippen LogP contribution is -2.47. The van der Waals surface area contributed by atoms with Crippen molar-refractivity contribution in [1.29, 1.82) is 0 Å².